The molecule has 0 spiro atoms. The van der Waals surface area contributed by atoms with Crippen LogP contribution in [0.3, 0.4) is 0 Å². The summed E-state index contributed by atoms with van der Waals surface area (Å²) in [6.45, 7) is 4.13. The first kappa shape index (κ1) is 17.9. The minimum atomic E-state index is -4.34. The van der Waals surface area contributed by atoms with E-state index in [1.807, 2.05) is 0 Å². The van der Waals surface area contributed by atoms with Crippen LogP contribution in [-0.2, 0) is 22.7 Å². The normalized spacial score (nSPS) is 13.4. The highest BCUT2D eigenvalue weighted by Crippen LogP contribution is 2.29. The smallest absolute Gasteiger partial charge is 0.311 e. The molecule has 2 N–H and O–H groups in total. The Morgan fingerprint density at radius 3 is 2.05 bits per heavy atom. The van der Waals surface area contributed by atoms with Gasteiger partial charge in [0.2, 0.25) is 10.0 Å². The molecule has 0 atom stereocenters. The Morgan fingerprint density at radius 1 is 1.10 bits per heavy atom. The summed E-state index contributed by atoms with van der Waals surface area (Å²) in [4.78, 5) is 0. The fraction of sp³-hybridized carbons (Fsp3) is 0.538. The molecule has 1 aromatic carbocycles. The summed E-state index contributed by atoms with van der Waals surface area (Å²) >= 11 is 0. The van der Waals surface area contributed by atoms with Gasteiger partial charge >= 0.3 is 6.18 Å². The highest BCUT2D eigenvalue weighted by molar-refractivity contribution is 7.88. The molecule has 0 aromatic heterocycles. The van der Waals surface area contributed by atoms with Gasteiger partial charge in [0, 0.05) is 18.6 Å². The summed E-state index contributed by atoms with van der Waals surface area (Å²) in [6.07, 6.45) is -3.27. The highest BCUT2D eigenvalue weighted by atomic mass is 32.2. The predicted molar refractivity (Wildman–Crippen MR) is 75.2 cm³/mol. The molecule has 0 bridgehead atoms. The first-order valence-corrected chi connectivity index (χ1v) is 8.14. The van der Waals surface area contributed by atoms with Crippen molar-refractivity contribution < 1.29 is 21.6 Å². The molecular weight excluding hydrogens is 305 g/mol. The van der Waals surface area contributed by atoms with E-state index in [1.165, 1.54) is 12.1 Å². The summed E-state index contributed by atoms with van der Waals surface area (Å²) in [5.41, 5.74) is -0.678. The molecule has 0 unspecified atom stereocenters. The first-order valence-electron chi connectivity index (χ1n) is 6.25. The Kier molecular flexibility index (Phi) is 5.40. The van der Waals surface area contributed by atoms with Crippen molar-refractivity contribution in [3.63, 3.8) is 0 Å². The summed E-state index contributed by atoms with van der Waals surface area (Å²) in [7, 11) is -3.31. The fourth-order valence-electron chi connectivity index (χ4n) is 1.87. The molecule has 0 aliphatic heterocycles. The third-order valence-electron chi connectivity index (χ3n) is 2.64. The summed E-state index contributed by atoms with van der Waals surface area (Å²) in [5.74, 6) is 0. The maximum absolute atomic E-state index is 12.4. The zero-order valence-electron chi connectivity index (χ0n) is 12.1. The van der Waals surface area contributed by atoms with Gasteiger partial charge in [-0.3, -0.25) is 0 Å². The van der Waals surface area contributed by atoms with E-state index in [4.69, 9.17) is 0 Å². The number of nitrogens with one attached hydrogen (secondary N) is 2. The number of alkyl halides is 3. The molecule has 0 saturated heterocycles. The summed E-state index contributed by atoms with van der Waals surface area (Å²) in [5, 5.41) is 3.01. The fourth-order valence-corrected chi connectivity index (χ4v) is 2.94. The molecule has 0 radical (unpaired) electrons. The zero-order valence-corrected chi connectivity index (χ0v) is 12.9. The number of benzene rings is 1. The van der Waals surface area contributed by atoms with E-state index in [2.05, 4.69) is 10.0 Å². The van der Waals surface area contributed by atoms with Crippen LogP contribution < -0.4 is 10.0 Å². The van der Waals surface area contributed by atoms with Crippen molar-refractivity contribution in [2.45, 2.75) is 32.1 Å². The van der Waals surface area contributed by atoms with Crippen molar-refractivity contribution in [1.82, 2.24) is 10.0 Å². The van der Waals surface area contributed by atoms with E-state index in [0.717, 1.165) is 18.4 Å². The van der Waals surface area contributed by atoms with Crippen LogP contribution in [0, 0.1) is 0 Å². The lowest BCUT2D eigenvalue weighted by molar-refractivity contribution is -0.137. The van der Waals surface area contributed by atoms with Gasteiger partial charge in [0.25, 0.3) is 0 Å². The molecule has 1 aromatic rings. The number of hydrogen-bond acceptors (Lipinski definition) is 3. The van der Waals surface area contributed by atoms with Crippen LogP contribution in [-0.4, -0.2) is 26.8 Å². The van der Waals surface area contributed by atoms with Gasteiger partial charge in [0.1, 0.15) is 0 Å². The van der Waals surface area contributed by atoms with Gasteiger partial charge in [-0.1, -0.05) is 12.1 Å². The van der Waals surface area contributed by atoms with Gasteiger partial charge in [-0.2, -0.15) is 13.2 Å². The van der Waals surface area contributed by atoms with E-state index in [0.29, 0.717) is 18.7 Å². The van der Waals surface area contributed by atoms with Crippen molar-refractivity contribution >= 4 is 10.0 Å². The molecule has 0 heterocycles. The van der Waals surface area contributed by atoms with Crippen molar-refractivity contribution in [2.75, 3.05) is 12.8 Å². The van der Waals surface area contributed by atoms with Gasteiger partial charge in [-0.25, -0.2) is 13.1 Å². The Hall–Kier alpha value is -1.12. The average molecular weight is 324 g/mol. The van der Waals surface area contributed by atoms with Crippen molar-refractivity contribution in [3.8, 4) is 0 Å². The van der Waals surface area contributed by atoms with Crippen LogP contribution in [0.15, 0.2) is 24.3 Å². The number of rotatable bonds is 6. The molecule has 4 nitrogen and oxygen atoms in total. The van der Waals surface area contributed by atoms with E-state index in [9.17, 15) is 21.6 Å². The maximum atomic E-state index is 12.4. The molecule has 120 valence electrons. The Morgan fingerprint density at radius 2 is 1.62 bits per heavy atom. The topological polar surface area (TPSA) is 58.2 Å². The van der Waals surface area contributed by atoms with Gasteiger partial charge in [0.05, 0.1) is 11.8 Å². The van der Waals surface area contributed by atoms with Crippen LogP contribution in [0.1, 0.15) is 25.0 Å². The molecule has 0 fully saturated rings. The third-order valence-corrected chi connectivity index (χ3v) is 3.56. The monoisotopic (exact) mass is 324 g/mol. The third kappa shape index (κ3) is 6.92. The van der Waals surface area contributed by atoms with Crippen LogP contribution in [0.2, 0.25) is 0 Å². The second kappa shape index (κ2) is 6.33. The summed E-state index contributed by atoms with van der Waals surface area (Å²) < 4.78 is 62.0. The molecule has 1 rings (SSSR count). The average Bonchev–Trinajstić information content (AvgIpc) is 2.24. The number of sulfonamides is 1. The molecule has 21 heavy (non-hydrogen) atoms. The zero-order chi connectivity index (χ0) is 16.3. The van der Waals surface area contributed by atoms with E-state index in [1.54, 1.807) is 13.8 Å². The molecule has 0 aliphatic rings. The van der Waals surface area contributed by atoms with Crippen LogP contribution >= 0.6 is 0 Å². The summed E-state index contributed by atoms with van der Waals surface area (Å²) in [6, 6.07) is 4.84. The van der Waals surface area contributed by atoms with E-state index >= 15 is 0 Å². The predicted octanol–water partition coefficient (Wildman–Crippen LogP) is 2.12. The molecule has 0 amide bonds. The first-order chi connectivity index (χ1) is 9.39. The van der Waals surface area contributed by atoms with Crippen molar-refractivity contribution in [3.05, 3.63) is 35.4 Å². The quantitative estimate of drug-likeness (QED) is 0.843. The number of halogens is 3. The molecule has 0 aliphatic carbocycles. The number of hydrogen-bond donors (Lipinski definition) is 2. The highest BCUT2D eigenvalue weighted by Gasteiger charge is 2.29. The lowest BCUT2D eigenvalue weighted by Gasteiger charge is -2.25. The molecule has 8 heteroatoms. The van der Waals surface area contributed by atoms with Gasteiger partial charge < -0.3 is 5.32 Å². The van der Waals surface area contributed by atoms with Crippen LogP contribution in [0.25, 0.3) is 0 Å². The Bertz CT molecular complexity index is 566. The minimum Gasteiger partial charge on any atom is -0.311 e. The second-order valence-electron chi connectivity index (χ2n) is 5.56. The molecular formula is C13H19F3N2O2S. The van der Waals surface area contributed by atoms with Crippen LogP contribution in [0.4, 0.5) is 13.2 Å². The SMILES string of the molecule is CC(C)(CNCc1ccc(C(F)(F)F)cc1)NS(C)(=O)=O. The molecule has 0 saturated carbocycles. The van der Waals surface area contributed by atoms with E-state index < -0.39 is 27.3 Å². The van der Waals surface area contributed by atoms with Gasteiger partial charge in [-0.05, 0) is 31.5 Å². The lowest BCUT2D eigenvalue weighted by Crippen LogP contribution is -2.49. The van der Waals surface area contributed by atoms with Gasteiger partial charge in [-0.15, -0.1) is 0 Å². The second-order valence-corrected chi connectivity index (χ2v) is 7.30. The van der Waals surface area contributed by atoms with Crippen LogP contribution in [0.5, 0.6) is 0 Å². The van der Waals surface area contributed by atoms with E-state index in [-0.39, 0.29) is 0 Å². The minimum absolute atomic E-state index is 0.348. The van der Waals surface area contributed by atoms with Crippen molar-refractivity contribution in [2.24, 2.45) is 0 Å². The maximum Gasteiger partial charge on any atom is 0.416 e. The Balaban J connectivity index is 2.53. The Labute approximate surface area is 122 Å². The standard InChI is InChI=1S/C13H19F3N2O2S/c1-12(2,18-21(3,19)20)9-17-8-10-4-6-11(7-5-10)13(14,15)16/h4-7,17-18H,8-9H2,1-3H3. The lowest BCUT2D eigenvalue weighted by atomic mass is 10.1. The van der Waals surface area contributed by atoms with Crippen molar-refractivity contribution in [1.29, 1.82) is 0 Å². The largest absolute Gasteiger partial charge is 0.416 e. The van der Waals surface area contributed by atoms with Gasteiger partial charge in [0.15, 0.2) is 0 Å².